The van der Waals surface area contributed by atoms with Crippen molar-refractivity contribution in [2.24, 2.45) is 0 Å². The predicted molar refractivity (Wildman–Crippen MR) is 128 cm³/mol. The van der Waals surface area contributed by atoms with Gasteiger partial charge in [-0.1, -0.05) is 47.6 Å². The zero-order chi connectivity index (χ0) is 21.9. The second-order valence-corrected chi connectivity index (χ2v) is 9.59. The van der Waals surface area contributed by atoms with Crippen LogP contribution in [0.5, 0.6) is 11.5 Å². The predicted octanol–water partition coefficient (Wildman–Crippen LogP) is 6.27. The van der Waals surface area contributed by atoms with E-state index < -0.39 is 0 Å². The Hall–Kier alpha value is -2.55. The largest absolute Gasteiger partial charge is 0.497 e. The third-order valence-electron chi connectivity index (χ3n) is 5.06. The Morgan fingerprint density at radius 3 is 2.84 bits per heavy atom. The minimum atomic E-state index is 0.338. The molecule has 0 N–H and O–H groups in total. The van der Waals surface area contributed by atoms with Crippen molar-refractivity contribution in [3.05, 3.63) is 70.5 Å². The van der Waals surface area contributed by atoms with E-state index in [1.54, 1.807) is 30.2 Å². The van der Waals surface area contributed by atoms with Gasteiger partial charge in [0.25, 0.3) is 0 Å². The fraction of sp³-hybridized carbons (Fsp3) is 0.261. The van der Waals surface area contributed by atoms with Crippen LogP contribution in [0.15, 0.2) is 59.1 Å². The number of para-hydroxylation sites is 1. The fourth-order valence-electron chi connectivity index (χ4n) is 3.31. The second kappa shape index (κ2) is 9.52. The van der Waals surface area contributed by atoms with Crippen molar-refractivity contribution in [1.29, 1.82) is 0 Å². The van der Waals surface area contributed by atoms with Crippen LogP contribution >= 0.6 is 34.7 Å². The lowest BCUT2D eigenvalue weighted by atomic mass is 10.2. The maximum absolute atomic E-state index is 6.21. The molecule has 0 saturated heterocycles. The highest BCUT2D eigenvalue weighted by molar-refractivity contribution is 7.98. The smallest absolute Gasteiger partial charge is 0.191 e. The highest BCUT2D eigenvalue weighted by atomic mass is 35.5. The molecule has 6 nitrogen and oxygen atoms in total. The van der Waals surface area contributed by atoms with Crippen LogP contribution in [0.4, 0.5) is 0 Å². The Morgan fingerprint density at radius 2 is 2.03 bits per heavy atom. The van der Waals surface area contributed by atoms with Gasteiger partial charge in [-0.25, -0.2) is 4.98 Å². The zero-order valence-electron chi connectivity index (χ0n) is 17.4. The lowest BCUT2D eigenvalue weighted by Gasteiger charge is -2.10. The first kappa shape index (κ1) is 21.3. The van der Waals surface area contributed by atoms with Gasteiger partial charge in [0, 0.05) is 22.7 Å². The van der Waals surface area contributed by atoms with Crippen molar-refractivity contribution >= 4 is 34.7 Å². The summed E-state index contributed by atoms with van der Waals surface area (Å²) in [6.07, 6.45) is 2.28. The van der Waals surface area contributed by atoms with Crippen LogP contribution in [-0.2, 0) is 12.4 Å². The SMILES string of the molecule is COc1cccc(-c2nc(CSc3nnc(COc4ccccc4Cl)n3C3CC3)cs2)c1. The number of ether oxygens (including phenoxy) is 2. The zero-order valence-corrected chi connectivity index (χ0v) is 19.8. The average molecular weight is 485 g/mol. The third kappa shape index (κ3) is 4.77. The van der Waals surface area contributed by atoms with Crippen LogP contribution < -0.4 is 9.47 Å². The van der Waals surface area contributed by atoms with Gasteiger partial charge in [0.1, 0.15) is 23.1 Å². The molecule has 164 valence electrons. The molecule has 1 aliphatic carbocycles. The van der Waals surface area contributed by atoms with E-state index in [0.717, 1.165) is 51.6 Å². The molecule has 1 fully saturated rings. The van der Waals surface area contributed by atoms with E-state index >= 15 is 0 Å². The highest BCUT2D eigenvalue weighted by Gasteiger charge is 2.30. The first-order chi connectivity index (χ1) is 15.7. The Kier molecular flexibility index (Phi) is 6.34. The maximum atomic E-state index is 6.21. The molecule has 0 aliphatic heterocycles. The number of hydrogen-bond donors (Lipinski definition) is 0. The van der Waals surface area contributed by atoms with Gasteiger partial charge in [-0.15, -0.1) is 21.5 Å². The molecule has 4 aromatic rings. The minimum Gasteiger partial charge on any atom is -0.497 e. The molecule has 1 aliphatic rings. The standard InChI is InChI=1S/C23H21ClN4O2S2/c1-29-18-6-4-5-15(11-18)22-25-16(13-31-22)14-32-23-27-26-21(28(23)17-9-10-17)12-30-20-8-3-2-7-19(20)24/h2-8,11,13,17H,9-10,12,14H2,1H3. The Balaban J connectivity index is 1.27. The van der Waals surface area contributed by atoms with Gasteiger partial charge in [-0.05, 0) is 37.1 Å². The summed E-state index contributed by atoms with van der Waals surface area (Å²) in [4.78, 5) is 4.80. The summed E-state index contributed by atoms with van der Waals surface area (Å²) in [5, 5.41) is 13.4. The molecule has 2 aromatic carbocycles. The maximum Gasteiger partial charge on any atom is 0.191 e. The van der Waals surface area contributed by atoms with Crippen LogP contribution in [0.3, 0.4) is 0 Å². The molecule has 2 heterocycles. The van der Waals surface area contributed by atoms with Gasteiger partial charge >= 0.3 is 0 Å². The van der Waals surface area contributed by atoms with Gasteiger partial charge in [0.05, 0.1) is 17.8 Å². The van der Waals surface area contributed by atoms with E-state index in [0.29, 0.717) is 23.4 Å². The summed E-state index contributed by atoms with van der Waals surface area (Å²) in [5.74, 6) is 3.04. The highest BCUT2D eigenvalue weighted by Crippen LogP contribution is 2.40. The molecule has 0 spiro atoms. The van der Waals surface area contributed by atoms with Crippen molar-refractivity contribution < 1.29 is 9.47 Å². The van der Waals surface area contributed by atoms with E-state index in [1.165, 1.54) is 0 Å². The number of aromatic nitrogens is 4. The number of thiazole rings is 1. The first-order valence-electron chi connectivity index (χ1n) is 10.2. The van der Waals surface area contributed by atoms with Gasteiger partial charge in [-0.3, -0.25) is 4.57 Å². The van der Waals surface area contributed by atoms with Crippen LogP contribution in [0.1, 0.15) is 30.4 Å². The van der Waals surface area contributed by atoms with Crippen LogP contribution in [0.25, 0.3) is 10.6 Å². The van der Waals surface area contributed by atoms with Gasteiger partial charge in [-0.2, -0.15) is 0 Å². The lowest BCUT2D eigenvalue weighted by Crippen LogP contribution is -2.07. The van der Waals surface area contributed by atoms with Crippen molar-refractivity contribution in [2.75, 3.05) is 7.11 Å². The molecule has 0 atom stereocenters. The van der Waals surface area contributed by atoms with Crippen LogP contribution in [-0.4, -0.2) is 26.9 Å². The van der Waals surface area contributed by atoms with Crippen molar-refractivity contribution in [3.63, 3.8) is 0 Å². The molecule has 0 unspecified atom stereocenters. The fourth-order valence-corrected chi connectivity index (χ4v) is 5.34. The topological polar surface area (TPSA) is 62.1 Å². The van der Waals surface area contributed by atoms with E-state index in [-0.39, 0.29) is 0 Å². The number of methoxy groups -OCH3 is 1. The number of rotatable bonds is 9. The Bertz CT molecular complexity index is 1220. The first-order valence-corrected chi connectivity index (χ1v) is 12.5. The molecular formula is C23H21ClN4O2S2. The summed E-state index contributed by atoms with van der Waals surface area (Å²) in [6.45, 7) is 0.338. The molecule has 0 amide bonds. The van der Waals surface area contributed by atoms with E-state index in [4.69, 9.17) is 26.1 Å². The summed E-state index contributed by atoms with van der Waals surface area (Å²) in [7, 11) is 1.67. The number of halogens is 1. The number of thioether (sulfide) groups is 1. The Morgan fingerprint density at radius 1 is 1.16 bits per heavy atom. The van der Waals surface area contributed by atoms with Crippen LogP contribution in [0, 0.1) is 0 Å². The number of hydrogen-bond acceptors (Lipinski definition) is 7. The van der Waals surface area contributed by atoms with Gasteiger partial charge in [0.2, 0.25) is 0 Å². The van der Waals surface area contributed by atoms with Crippen LogP contribution in [0.2, 0.25) is 5.02 Å². The van der Waals surface area contributed by atoms with Gasteiger partial charge in [0.15, 0.2) is 11.0 Å². The normalized spacial score (nSPS) is 13.3. The Labute approximate surface area is 199 Å². The summed E-state index contributed by atoms with van der Waals surface area (Å²) < 4.78 is 13.4. The molecule has 2 aromatic heterocycles. The molecule has 5 rings (SSSR count). The summed E-state index contributed by atoms with van der Waals surface area (Å²) in [5.41, 5.74) is 2.09. The average Bonchev–Trinajstić information content (AvgIpc) is 3.40. The van der Waals surface area contributed by atoms with E-state index in [2.05, 4.69) is 20.1 Å². The van der Waals surface area contributed by atoms with Crippen molar-refractivity contribution in [1.82, 2.24) is 19.7 Å². The molecule has 0 radical (unpaired) electrons. The number of benzene rings is 2. The molecule has 9 heteroatoms. The molecule has 0 bridgehead atoms. The number of nitrogens with zero attached hydrogens (tertiary/aromatic N) is 4. The van der Waals surface area contributed by atoms with Gasteiger partial charge < -0.3 is 9.47 Å². The van der Waals surface area contributed by atoms with Crippen molar-refractivity contribution in [3.8, 4) is 22.1 Å². The monoisotopic (exact) mass is 484 g/mol. The summed E-state index contributed by atoms with van der Waals surface area (Å²) in [6, 6.07) is 15.9. The van der Waals surface area contributed by atoms with Crippen molar-refractivity contribution in [2.45, 2.75) is 36.4 Å². The molecule has 32 heavy (non-hydrogen) atoms. The third-order valence-corrected chi connectivity index (χ3v) is 7.29. The lowest BCUT2D eigenvalue weighted by molar-refractivity contribution is 0.288. The summed E-state index contributed by atoms with van der Waals surface area (Å²) >= 11 is 9.50. The van der Waals surface area contributed by atoms with E-state index in [9.17, 15) is 0 Å². The minimum absolute atomic E-state index is 0.338. The molecular weight excluding hydrogens is 464 g/mol. The second-order valence-electron chi connectivity index (χ2n) is 7.38. The quantitative estimate of drug-likeness (QED) is 0.261. The van der Waals surface area contributed by atoms with E-state index in [1.807, 2.05) is 48.5 Å². The molecule has 1 saturated carbocycles.